The lowest BCUT2D eigenvalue weighted by Crippen LogP contribution is -2.33. The molecular weight excluding hydrogens is 346 g/mol. The van der Waals surface area contributed by atoms with Crippen molar-refractivity contribution in [2.45, 2.75) is 32.6 Å². The second kappa shape index (κ2) is 7.76. The number of hydrogen-bond donors (Lipinski definition) is 1. The fourth-order valence-corrected chi connectivity index (χ4v) is 4.81. The lowest BCUT2D eigenvalue weighted by atomic mass is 9.99. The summed E-state index contributed by atoms with van der Waals surface area (Å²) in [5, 5.41) is 5.44. The molecule has 0 bridgehead atoms. The van der Waals surface area contributed by atoms with Gasteiger partial charge in [-0.3, -0.25) is 9.69 Å². The van der Waals surface area contributed by atoms with Gasteiger partial charge in [0.25, 0.3) is 0 Å². The van der Waals surface area contributed by atoms with Gasteiger partial charge in [-0.15, -0.1) is 11.3 Å². The third-order valence-corrected chi connectivity index (χ3v) is 6.26. The van der Waals surface area contributed by atoms with Crippen molar-refractivity contribution in [1.29, 1.82) is 0 Å². The van der Waals surface area contributed by atoms with E-state index in [1.807, 2.05) is 6.07 Å². The molecule has 1 aromatic carbocycles. The third-order valence-electron chi connectivity index (χ3n) is 5.12. The third kappa shape index (κ3) is 3.91. The Balaban J connectivity index is 1.43. The van der Waals surface area contributed by atoms with Crippen molar-refractivity contribution >= 4 is 33.0 Å². The number of benzene rings is 1. The molecule has 1 N–H and O–H groups in total. The van der Waals surface area contributed by atoms with Gasteiger partial charge in [-0.05, 0) is 55.6 Å². The quantitative estimate of drug-likeness (QED) is 0.873. The predicted molar refractivity (Wildman–Crippen MR) is 106 cm³/mol. The molecule has 1 unspecified atom stereocenters. The topological polar surface area (TPSA) is 53.9 Å². The van der Waals surface area contributed by atoms with Crippen molar-refractivity contribution in [2.75, 3.05) is 26.2 Å². The summed E-state index contributed by atoms with van der Waals surface area (Å²) in [7, 11) is 0. The Morgan fingerprint density at radius 2 is 2.12 bits per heavy atom. The number of fused-ring (bicyclic) bond motifs is 1. The Morgan fingerprint density at radius 1 is 1.27 bits per heavy atom. The van der Waals surface area contributed by atoms with Crippen molar-refractivity contribution in [3.63, 3.8) is 0 Å². The Hall–Kier alpha value is -1.92. The van der Waals surface area contributed by atoms with Gasteiger partial charge in [0, 0.05) is 23.6 Å². The van der Waals surface area contributed by atoms with Crippen molar-refractivity contribution in [3.8, 4) is 5.75 Å². The molecule has 138 valence electrons. The highest BCUT2D eigenvalue weighted by Crippen LogP contribution is 2.31. The van der Waals surface area contributed by atoms with Crippen molar-refractivity contribution < 1.29 is 9.53 Å². The van der Waals surface area contributed by atoms with Crippen LogP contribution in [0.2, 0.25) is 0 Å². The predicted octanol–water partition coefficient (Wildman–Crippen LogP) is 3.63. The van der Waals surface area contributed by atoms with Crippen LogP contribution in [0.15, 0.2) is 29.4 Å². The van der Waals surface area contributed by atoms with Crippen LogP contribution in [0, 0.1) is 5.92 Å². The highest BCUT2D eigenvalue weighted by Gasteiger charge is 2.23. The zero-order valence-electron chi connectivity index (χ0n) is 15.2. The number of nitrogens with zero attached hydrogens (tertiary/aromatic N) is 2. The standard InChI is InChI=1S/C20H25N3O2S/c1-14-11-19(24)21-22-20(14)18-13-15-12-16(5-6-17(15)26-18)25-10-9-23-7-3-2-4-8-23/h5-6,12-14H,2-4,7-11H2,1H3,(H,21,24). The minimum atomic E-state index is -0.00764. The number of amides is 1. The molecule has 0 saturated carbocycles. The molecule has 1 aromatic heterocycles. The number of thiophene rings is 1. The first-order valence-electron chi connectivity index (χ1n) is 9.44. The molecule has 1 amide bonds. The first-order chi connectivity index (χ1) is 12.7. The molecule has 3 heterocycles. The molecule has 0 radical (unpaired) electrons. The summed E-state index contributed by atoms with van der Waals surface area (Å²) in [6, 6.07) is 8.43. The molecule has 1 atom stereocenters. The number of carbonyl (C=O) groups is 1. The molecular formula is C20H25N3O2S. The van der Waals surface area contributed by atoms with Crippen LogP contribution in [0.3, 0.4) is 0 Å². The molecule has 2 aliphatic heterocycles. The Labute approximate surface area is 158 Å². The largest absolute Gasteiger partial charge is 0.492 e. The number of hydrogen-bond acceptors (Lipinski definition) is 5. The average molecular weight is 372 g/mol. The van der Waals surface area contributed by atoms with E-state index in [0.717, 1.165) is 29.5 Å². The van der Waals surface area contributed by atoms with Gasteiger partial charge in [0.05, 0.1) is 10.6 Å². The maximum atomic E-state index is 11.4. The van der Waals surface area contributed by atoms with Gasteiger partial charge in [-0.25, -0.2) is 5.43 Å². The van der Waals surface area contributed by atoms with Crippen LogP contribution in [-0.4, -0.2) is 42.8 Å². The zero-order chi connectivity index (χ0) is 17.9. The molecule has 5 nitrogen and oxygen atoms in total. The molecule has 26 heavy (non-hydrogen) atoms. The fourth-order valence-electron chi connectivity index (χ4n) is 3.66. The normalized spacial score (nSPS) is 21.5. The Bertz CT molecular complexity index is 824. The second-order valence-corrected chi connectivity index (χ2v) is 8.28. The summed E-state index contributed by atoms with van der Waals surface area (Å²) in [5.74, 6) is 1.06. The summed E-state index contributed by atoms with van der Waals surface area (Å²) in [6.45, 7) is 6.19. The van der Waals surface area contributed by atoms with E-state index in [4.69, 9.17) is 4.74 Å². The monoisotopic (exact) mass is 371 g/mol. The van der Waals surface area contributed by atoms with Crippen molar-refractivity contribution in [3.05, 3.63) is 29.1 Å². The van der Waals surface area contributed by atoms with E-state index >= 15 is 0 Å². The number of likely N-dealkylation sites (tertiary alicyclic amines) is 1. The van der Waals surface area contributed by atoms with E-state index in [2.05, 4.69) is 40.5 Å². The highest BCUT2D eigenvalue weighted by molar-refractivity contribution is 7.20. The van der Waals surface area contributed by atoms with E-state index in [9.17, 15) is 4.79 Å². The van der Waals surface area contributed by atoms with Gasteiger partial charge in [0.15, 0.2) is 0 Å². The number of nitrogens with one attached hydrogen (secondary N) is 1. The maximum absolute atomic E-state index is 11.4. The maximum Gasteiger partial charge on any atom is 0.240 e. The molecule has 0 spiro atoms. The van der Waals surface area contributed by atoms with E-state index in [1.54, 1.807) is 11.3 Å². The molecule has 1 fully saturated rings. The van der Waals surface area contributed by atoms with E-state index in [0.29, 0.717) is 6.42 Å². The van der Waals surface area contributed by atoms with Gasteiger partial charge in [0.1, 0.15) is 12.4 Å². The van der Waals surface area contributed by atoms with E-state index < -0.39 is 0 Å². The lowest BCUT2D eigenvalue weighted by molar-refractivity contribution is -0.121. The average Bonchev–Trinajstić information content (AvgIpc) is 3.05. The SMILES string of the molecule is CC1CC(=O)NN=C1c1cc2cc(OCCN3CCCCC3)ccc2s1. The minimum absolute atomic E-state index is 0.00764. The number of carbonyl (C=O) groups excluding carboxylic acids is 1. The van der Waals surface area contributed by atoms with Gasteiger partial charge in [-0.2, -0.15) is 5.10 Å². The Morgan fingerprint density at radius 3 is 2.92 bits per heavy atom. The van der Waals surface area contributed by atoms with Crippen LogP contribution in [-0.2, 0) is 4.79 Å². The first-order valence-corrected chi connectivity index (χ1v) is 10.3. The summed E-state index contributed by atoms with van der Waals surface area (Å²) >= 11 is 1.72. The van der Waals surface area contributed by atoms with Crippen LogP contribution in [0.25, 0.3) is 10.1 Å². The Kier molecular flexibility index (Phi) is 5.22. The van der Waals surface area contributed by atoms with Crippen LogP contribution in [0.5, 0.6) is 5.75 Å². The summed E-state index contributed by atoms with van der Waals surface area (Å²) in [4.78, 5) is 15.1. The van der Waals surface area contributed by atoms with Crippen LogP contribution < -0.4 is 10.2 Å². The van der Waals surface area contributed by atoms with E-state index in [-0.39, 0.29) is 11.8 Å². The lowest BCUT2D eigenvalue weighted by Gasteiger charge is -2.26. The van der Waals surface area contributed by atoms with Gasteiger partial charge >= 0.3 is 0 Å². The van der Waals surface area contributed by atoms with Gasteiger partial charge < -0.3 is 4.74 Å². The smallest absolute Gasteiger partial charge is 0.240 e. The van der Waals surface area contributed by atoms with Gasteiger partial charge in [0.2, 0.25) is 5.91 Å². The van der Waals surface area contributed by atoms with Crippen molar-refractivity contribution in [1.82, 2.24) is 10.3 Å². The summed E-state index contributed by atoms with van der Waals surface area (Å²) < 4.78 is 7.20. The minimum Gasteiger partial charge on any atom is -0.492 e. The number of ether oxygens (including phenoxy) is 1. The zero-order valence-corrected chi connectivity index (χ0v) is 16.0. The van der Waals surface area contributed by atoms with Crippen LogP contribution >= 0.6 is 11.3 Å². The molecule has 2 aliphatic rings. The molecule has 6 heteroatoms. The van der Waals surface area contributed by atoms with Crippen LogP contribution in [0.1, 0.15) is 37.5 Å². The van der Waals surface area contributed by atoms with E-state index in [1.165, 1.54) is 42.4 Å². The molecule has 4 rings (SSSR count). The molecule has 1 saturated heterocycles. The molecule has 2 aromatic rings. The van der Waals surface area contributed by atoms with Gasteiger partial charge in [-0.1, -0.05) is 13.3 Å². The second-order valence-electron chi connectivity index (χ2n) is 7.20. The summed E-state index contributed by atoms with van der Waals surface area (Å²) in [5.41, 5.74) is 3.57. The fraction of sp³-hybridized carbons (Fsp3) is 0.500. The first kappa shape index (κ1) is 17.5. The number of rotatable bonds is 5. The van der Waals surface area contributed by atoms with Crippen LogP contribution in [0.4, 0.5) is 0 Å². The number of hydrazone groups is 1. The van der Waals surface area contributed by atoms with Crippen molar-refractivity contribution in [2.24, 2.45) is 11.0 Å². The number of piperidine rings is 1. The highest BCUT2D eigenvalue weighted by atomic mass is 32.1. The molecule has 0 aliphatic carbocycles. The summed E-state index contributed by atoms with van der Waals surface area (Å²) in [6.07, 6.45) is 4.48.